The largest absolute Gasteiger partial charge is 0.323 e. The van der Waals surface area contributed by atoms with Gasteiger partial charge in [-0.1, -0.05) is 29.3 Å². The fourth-order valence-corrected chi connectivity index (χ4v) is 3.09. The summed E-state index contributed by atoms with van der Waals surface area (Å²) in [7, 11) is -3.89. The lowest BCUT2D eigenvalue weighted by Gasteiger charge is -2.12. The number of nitrogens with one attached hydrogen (secondary N) is 2. The van der Waals surface area contributed by atoms with Crippen molar-refractivity contribution in [3.63, 3.8) is 0 Å². The summed E-state index contributed by atoms with van der Waals surface area (Å²) in [5.74, 6) is 5.28. The highest BCUT2D eigenvalue weighted by atomic mass is 35.5. The van der Waals surface area contributed by atoms with E-state index in [1.165, 1.54) is 24.5 Å². The number of hydrogen-bond acceptors (Lipinski definition) is 5. The van der Waals surface area contributed by atoms with Crippen molar-refractivity contribution in [2.45, 2.75) is 4.90 Å². The lowest BCUT2D eigenvalue weighted by molar-refractivity contribution is 0.601. The van der Waals surface area contributed by atoms with Crippen LogP contribution < -0.4 is 16.0 Å². The average molecular weight is 333 g/mol. The summed E-state index contributed by atoms with van der Waals surface area (Å²) in [6.07, 6.45) is 2.59. The summed E-state index contributed by atoms with van der Waals surface area (Å²) >= 11 is 11.8. The smallest absolute Gasteiger partial charge is 0.265 e. The first-order valence-corrected chi connectivity index (χ1v) is 7.57. The van der Waals surface area contributed by atoms with E-state index in [9.17, 15) is 8.42 Å². The van der Waals surface area contributed by atoms with Crippen LogP contribution in [0.3, 0.4) is 0 Å². The van der Waals surface area contributed by atoms with Gasteiger partial charge in [0, 0.05) is 12.4 Å². The lowest BCUT2D eigenvalue weighted by atomic mass is 10.3. The molecule has 0 atom stereocenters. The molecule has 0 bridgehead atoms. The van der Waals surface area contributed by atoms with Crippen LogP contribution in [0, 0.1) is 0 Å². The van der Waals surface area contributed by atoms with Crippen LogP contribution in [-0.2, 0) is 10.0 Å². The summed E-state index contributed by atoms with van der Waals surface area (Å²) in [5.41, 5.74) is 2.68. The highest BCUT2D eigenvalue weighted by Gasteiger charge is 2.20. The van der Waals surface area contributed by atoms with Gasteiger partial charge in [-0.25, -0.2) is 8.42 Å². The number of rotatable bonds is 4. The summed E-state index contributed by atoms with van der Waals surface area (Å²) in [6.45, 7) is 0. The Balaban J connectivity index is 2.44. The van der Waals surface area contributed by atoms with Gasteiger partial charge in [0.25, 0.3) is 10.0 Å². The average Bonchev–Trinajstić information content (AvgIpc) is 2.43. The maximum atomic E-state index is 12.3. The second-order valence-corrected chi connectivity index (χ2v) is 6.16. The predicted molar refractivity (Wildman–Crippen MR) is 79.3 cm³/mol. The van der Waals surface area contributed by atoms with Crippen LogP contribution in [0.2, 0.25) is 10.0 Å². The number of benzene rings is 1. The first-order valence-electron chi connectivity index (χ1n) is 5.33. The van der Waals surface area contributed by atoms with E-state index in [0.717, 1.165) is 0 Å². The molecule has 0 aliphatic carbocycles. The Labute approximate surface area is 125 Å². The summed E-state index contributed by atoms with van der Waals surface area (Å²) in [4.78, 5) is 3.67. The van der Waals surface area contributed by atoms with E-state index in [4.69, 9.17) is 29.0 Å². The number of hydrazine groups is 1. The van der Waals surface area contributed by atoms with Crippen LogP contribution in [0.25, 0.3) is 0 Å². The second kappa shape index (κ2) is 5.84. The molecule has 0 aliphatic heterocycles. The first-order chi connectivity index (χ1) is 9.45. The molecule has 1 aromatic heterocycles. The molecule has 9 heteroatoms. The number of nitrogens with zero attached hydrogens (tertiary/aromatic N) is 1. The standard InChI is InChI=1S/C11H10Cl2N4O2S/c12-7-2-1-3-9(11(7)13)17-20(18,19)10-6-15-5-4-8(10)16-14/h1-6,17H,14H2,(H,15,16). The topological polar surface area (TPSA) is 97.1 Å². The Morgan fingerprint density at radius 3 is 2.60 bits per heavy atom. The number of halogens is 2. The Hall–Kier alpha value is -1.54. The highest BCUT2D eigenvalue weighted by Crippen LogP contribution is 2.31. The molecule has 0 fully saturated rings. The lowest BCUT2D eigenvalue weighted by Crippen LogP contribution is -2.18. The van der Waals surface area contributed by atoms with Crippen molar-refractivity contribution in [1.82, 2.24) is 4.98 Å². The fourth-order valence-electron chi connectivity index (χ4n) is 1.50. The molecule has 20 heavy (non-hydrogen) atoms. The Morgan fingerprint density at radius 1 is 1.15 bits per heavy atom. The molecule has 4 N–H and O–H groups in total. The molecule has 0 aliphatic rings. The molecule has 2 aromatic rings. The molecule has 1 aromatic carbocycles. The van der Waals surface area contributed by atoms with Gasteiger partial charge in [0.05, 0.1) is 21.4 Å². The van der Waals surface area contributed by atoms with Crippen molar-refractivity contribution < 1.29 is 8.42 Å². The fraction of sp³-hybridized carbons (Fsp3) is 0. The Kier molecular flexibility index (Phi) is 4.34. The molecule has 2 rings (SSSR count). The van der Waals surface area contributed by atoms with E-state index in [1.54, 1.807) is 12.1 Å². The number of anilines is 2. The molecule has 6 nitrogen and oxygen atoms in total. The zero-order valence-electron chi connectivity index (χ0n) is 9.97. The van der Waals surface area contributed by atoms with Gasteiger partial charge >= 0.3 is 0 Å². The zero-order valence-corrected chi connectivity index (χ0v) is 12.3. The summed E-state index contributed by atoms with van der Waals surface area (Å²) < 4.78 is 26.9. The van der Waals surface area contributed by atoms with Gasteiger partial charge in [0.15, 0.2) is 0 Å². The molecular formula is C11H10Cl2N4O2S. The predicted octanol–water partition coefficient (Wildman–Crippen LogP) is 2.47. The van der Waals surface area contributed by atoms with Gasteiger partial charge in [0.2, 0.25) is 0 Å². The van der Waals surface area contributed by atoms with Gasteiger partial charge in [-0.05, 0) is 18.2 Å². The minimum atomic E-state index is -3.89. The maximum Gasteiger partial charge on any atom is 0.265 e. The number of hydrogen-bond donors (Lipinski definition) is 3. The molecule has 0 radical (unpaired) electrons. The third-order valence-corrected chi connectivity index (χ3v) is 4.64. The molecule has 0 amide bonds. The van der Waals surface area contributed by atoms with Crippen molar-refractivity contribution in [1.29, 1.82) is 0 Å². The molecule has 0 saturated carbocycles. The van der Waals surface area contributed by atoms with Gasteiger partial charge in [0.1, 0.15) is 4.90 Å². The maximum absolute atomic E-state index is 12.3. The number of nitrogens with two attached hydrogens (primary N) is 1. The Morgan fingerprint density at radius 2 is 1.90 bits per heavy atom. The minimum absolute atomic E-state index is 0.0986. The number of sulfonamides is 1. The van der Waals surface area contributed by atoms with E-state index in [1.807, 2.05) is 0 Å². The van der Waals surface area contributed by atoms with Gasteiger partial charge in [-0.3, -0.25) is 15.5 Å². The quantitative estimate of drug-likeness (QED) is 0.590. The van der Waals surface area contributed by atoms with Gasteiger partial charge < -0.3 is 5.43 Å². The number of aromatic nitrogens is 1. The number of nitrogen functional groups attached to an aromatic ring is 1. The zero-order chi connectivity index (χ0) is 14.8. The number of pyridine rings is 1. The van der Waals surface area contributed by atoms with Gasteiger partial charge in [-0.15, -0.1) is 0 Å². The third-order valence-electron chi connectivity index (χ3n) is 2.43. The molecule has 0 unspecified atom stereocenters. The van der Waals surface area contributed by atoms with Crippen molar-refractivity contribution in [2.24, 2.45) is 5.84 Å². The van der Waals surface area contributed by atoms with Gasteiger partial charge in [-0.2, -0.15) is 0 Å². The first kappa shape index (κ1) is 14.9. The molecule has 1 heterocycles. The normalized spacial score (nSPS) is 11.2. The Bertz CT molecular complexity index is 737. The SMILES string of the molecule is NNc1ccncc1S(=O)(=O)Nc1cccc(Cl)c1Cl. The van der Waals surface area contributed by atoms with E-state index >= 15 is 0 Å². The molecule has 0 saturated heterocycles. The summed E-state index contributed by atoms with van der Waals surface area (Å²) in [5, 5.41) is 0.360. The summed E-state index contributed by atoms with van der Waals surface area (Å²) in [6, 6.07) is 6.07. The van der Waals surface area contributed by atoms with E-state index in [-0.39, 0.29) is 26.3 Å². The van der Waals surface area contributed by atoms with Crippen LogP contribution >= 0.6 is 23.2 Å². The monoisotopic (exact) mass is 332 g/mol. The third kappa shape index (κ3) is 2.96. The van der Waals surface area contributed by atoms with Crippen molar-refractivity contribution in [3.05, 3.63) is 46.7 Å². The van der Waals surface area contributed by atoms with Crippen LogP contribution in [0.15, 0.2) is 41.6 Å². The minimum Gasteiger partial charge on any atom is -0.323 e. The van der Waals surface area contributed by atoms with Crippen LogP contribution in [-0.4, -0.2) is 13.4 Å². The van der Waals surface area contributed by atoms with E-state index in [0.29, 0.717) is 0 Å². The molecular weight excluding hydrogens is 323 g/mol. The highest BCUT2D eigenvalue weighted by molar-refractivity contribution is 7.92. The van der Waals surface area contributed by atoms with Crippen molar-refractivity contribution >= 4 is 44.6 Å². The van der Waals surface area contributed by atoms with E-state index < -0.39 is 10.0 Å². The van der Waals surface area contributed by atoms with Crippen LogP contribution in [0.4, 0.5) is 11.4 Å². The van der Waals surface area contributed by atoms with Crippen molar-refractivity contribution in [2.75, 3.05) is 10.1 Å². The van der Waals surface area contributed by atoms with E-state index in [2.05, 4.69) is 15.1 Å². The van der Waals surface area contributed by atoms with Crippen molar-refractivity contribution in [3.8, 4) is 0 Å². The van der Waals surface area contributed by atoms with Crippen LogP contribution in [0.5, 0.6) is 0 Å². The van der Waals surface area contributed by atoms with Crippen LogP contribution in [0.1, 0.15) is 0 Å². The molecule has 106 valence electrons. The molecule has 0 spiro atoms. The second-order valence-electron chi connectivity index (χ2n) is 3.72.